The molecule has 0 aromatic rings. The van der Waals surface area contributed by atoms with Gasteiger partial charge < -0.3 is 10.2 Å². The van der Waals surface area contributed by atoms with Gasteiger partial charge in [-0.1, -0.05) is 20.8 Å². The molecule has 1 aliphatic rings. The lowest BCUT2D eigenvalue weighted by Gasteiger charge is -2.36. The highest BCUT2D eigenvalue weighted by atomic mass is 32.2. The number of nitrogens with one attached hydrogen (secondary N) is 1. The van der Waals surface area contributed by atoms with Crippen LogP contribution in [-0.4, -0.2) is 53.3 Å². The van der Waals surface area contributed by atoms with Crippen LogP contribution in [-0.2, 0) is 10.8 Å². The molecule has 0 aromatic heterocycles. The summed E-state index contributed by atoms with van der Waals surface area (Å²) < 4.78 is 11.3. The van der Waals surface area contributed by atoms with E-state index in [-0.39, 0.29) is 0 Å². The summed E-state index contributed by atoms with van der Waals surface area (Å²) in [5, 5.41) is 3.45. The molecule has 0 amide bonds. The van der Waals surface area contributed by atoms with Crippen LogP contribution >= 0.6 is 0 Å². The second-order valence-corrected chi connectivity index (χ2v) is 6.76. The van der Waals surface area contributed by atoms with Gasteiger partial charge in [-0.3, -0.25) is 4.21 Å². The molecule has 3 nitrogen and oxygen atoms in total. The molecule has 0 radical (unpaired) electrons. The van der Waals surface area contributed by atoms with Crippen LogP contribution in [0.1, 0.15) is 27.2 Å². The predicted octanol–water partition coefficient (Wildman–Crippen LogP) is 1.08. The summed E-state index contributed by atoms with van der Waals surface area (Å²) in [6.07, 6.45) is 1.19. The van der Waals surface area contributed by atoms with Gasteiger partial charge in [0, 0.05) is 48.5 Å². The maximum absolute atomic E-state index is 11.3. The molecule has 1 N–H and O–H groups in total. The molecular formula is C12H26N2OS. The molecule has 1 rings (SSSR count). The first-order valence-corrected chi connectivity index (χ1v) is 7.86. The second kappa shape index (κ2) is 6.72. The van der Waals surface area contributed by atoms with Crippen LogP contribution in [0.5, 0.6) is 0 Å². The van der Waals surface area contributed by atoms with Crippen molar-refractivity contribution in [2.24, 2.45) is 5.41 Å². The highest BCUT2D eigenvalue weighted by Gasteiger charge is 2.26. The van der Waals surface area contributed by atoms with Crippen molar-refractivity contribution in [2.75, 3.05) is 44.2 Å². The van der Waals surface area contributed by atoms with Crippen molar-refractivity contribution in [3.05, 3.63) is 0 Å². The Hall–Kier alpha value is 0.0700. The van der Waals surface area contributed by atoms with Gasteiger partial charge in [0.05, 0.1) is 0 Å². The Labute approximate surface area is 102 Å². The Morgan fingerprint density at radius 2 is 1.94 bits per heavy atom. The molecule has 96 valence electrons. The van der Waals surface area contributed by atoms with Crippen molar-refractivity contribution in [2.45, 2.75) is 27.2 Å². The monoisotopic (exact) mass is 246 g/mol. The third kappa shape index (κ3) is 4.52. The predicted molar refractivity (Wildman–Crippen MR) is 71.3 cm³/mol. The van der Waals surface area contributed by atoms with Crippen molar-refractivity contribution in [3.8, 4) is 0 Å². The minimum atomic E-state index is -0.554. The Balaban J connectivity index is 2.39. The molecule has 0 aromatic carbocycles. The highest BCUT2D eigenvalue weighted by molar-refractivity contribution is 7.85. The van der Waals surface area contributed by atoms with Crippen LogP contribution in [0.3, 0.4) is 0 Å². The summed E-state index contributed by atoms with van der Waals surface area (Å²) in [5.41, 5.74) is 0.356. The molecule has 1 unspecified atom stereocenters. The van der Waals surface area contributed by atoms with E-state index in [1.54, 1.807) is 0 Å². The first kappa shape index (κ1) is 14.1. The molecule has 0 saturated carbocycles. The minimum absolute atomic E-state index is 0.356. The topological polar surface area (TPSA) is 32.3 Å². The fourth-order valence-corrected chi connectivity index (χ4v) is 3.22. The van der Waals surface area contributed by atoms with Crippen LogP contribution in [0.15, 0.2) is 0 Å². The number of hydrogen-bond donors (Lipinski definition) is 1. The second-order valence-electron chi connectivity index (χ2n) is 5.07. The van der Waals surface area contributed by atoms with Gasteiger partial charge in [0.1, 0.15) is 0 Å². The fraction of sp³-hybridized carbons (Fsp3) is 1.00. The summed E-state index contributed by atoms with van der Waals surface area (Å²) >= 11 is 0. The smallest absolute Gasteiger partial charge is 0.0363 e. The molecule has 0 spiro atoms. The van der Waals surface area contributed by atoms with E-state index < -0.39 is 10.8 Å². The van der Waals surface area contributed by atoms with Gasteiger partial charge in [-0.15, -0.1) is 0 Å². The van der Waals surface area contributed by atoms with Gasteiger partial charge in [-0.2, -0.15) is 0 Å². The molecule has 1 saturated heterocycles. The molecule has 1 fully saturated rings. The van der Waals surface area contributed by atoms with Gasteiger partial charge in [0.15, 0.2) is 0 Å². The zero-order valence-electron chi connectivity index (χ0n) is 10.9. The average Bonchev–Trinajstić information content (AvgIpc) is 2.30. The van der Waals surface area contributed by atoms with Gasteiger partial charge >= 0.3 is 0 Å². The highest BCUT2D eigenvalue weighted by Crippen LogP contribution is 2.22. The third-order valence-electron chi connectivity index (χ3n) is 3.53. The molecule has 0 aliphatic carbocycles. The van der Waals surface area contributed by atoms with Crippen molar-refractivity contribution >= 4 is 10.8 Å². The first-order chi connectivity index (χ1) is 7.59. The van der Waals surface area contributed by atoms with E-state index in [1.807, 2.05) is 0 Å². The van der Waals surface area contributed by atoms with Gasteiger partial charge in [-0.05, 0) is 18.4 Å². The molecule has 4 heteroatoms. The molecule has 1 heterocycles. The van der Waals surface area contributed by atoms with Crippen LogP contribution in [0, 0.1) is 5.41 Å². The van der Waals surface area contributed by atoms with Crippen molar-refractivity contribution in [1.29, 1.82) is 0 Å². The molecule has 16 heavy (non-hydrogen) atoms. The van der Waals surface area contributed by atoms with E-state index in [9.17, 15) is 4.21 Å². The van der Waals surface area contributed by atoms with Crippen LogP contribution < -0.4 is 5.32 Å². The van der Waals surface area contributed by atoms with Crippen LogP contribution in [0.25, 0.3) is 0 Å². The normalized spacial score (nSPS) is 23.2. The number of rotatable bonds is 6. The van der Waals surface area contributed by atoms with Crippen LogP contribution in [0.4, 0.5) is 0 Å². The Morgan fingerprint density at radius 3 is 2.44 bits per heavy atom. The van der Waals surface area contributed by atoms with Crippen molar-refractivity contribution in [1.82, 2.24) is 10.2 Å². The van der Waals surface area contributed by atoms with Gasteiger partial charge in [0.2, 0.25) is 0 Å². The van der Waals surface area contributed by atoms with Gasteiger partial charge in [-0.25, -0.2) is 0 Å². The number of nitrogens with zero attached hydrogens (tertiary/aromatic N) is 1. The van der Waals surface area contributed by atoms with E-state index in [0.717, 1.165) is 44.2 Å². The summed E-state index contributed by atoms with van der Waals surface area (Å²) in [7, 11) is -0.554. The van der Waals surface area contributed by atoms with Gasteiger partial charge in [0.25, 0.3) is 0 Å². The van der Waals surface area contributed by atoms with E-state index in [4.69, 9.17) is 0 Å². The lowest BCUT2D eigenvalue weighted by molar-refractivity contribution is 0.165. The Morgan fingerprint density at radius 1 is 1.31 bits per heavy atom. The molecular weight excluding hydrogens is 220 g/mol. The van der Waals surface area contributed by atoms with E-state index in [1.165, 1.54) is 6.42 Å². The minimum Gasteiger partial charge on any atom is -0.316 e. The molecule has 1 atom stereocenters. The Bertz CT molecular complexity index is 225. The Kier molecular flexibility index (Phi) is 5.94. The fourth-order valence-electron chi connectivity index (χ4n) is 2.09. The largest absolute Gasteiger partial charge is 0.316 e. The SMILES string of the molecule is CCNCC(C)(CC)CN1CCS(=O)CC1. The first-order valence-electron chi connectivity index (χ1n) is 6.37. The zero-order valence-corrected chi connectivity index (χ0v) is 11.7. The van der Waals surface area contributed by atoms with E-state index in [2.05, 4.69) is 31.0 Å². The van der Waals surface area contributed by atoms with Crippen molar-refractivity contribution in [3.63, 3.8) is 0 Å². The summed E-state index contributed by atoms with van der Waals surface area (Å²) in [5.74, 6) is 1.72. The maximum Gasteiger partial charge on any atom is 0.0363 e. The van der Waals surface area contributed by atoms with Crippen molar-refractivity contribution < 1.29 is 4.21 Å². The number of hydrogen-bond acceptors (Lipinski definition) is 3. The average molecular weight is 246 g/mol. The molecule has 1 aliphatic heterocycles. The van der Waals surface area contributed by atoms with E-state index >= 15 is 0 Å². The quantitative estimate of drug-likeness (QED) is 0.761. The molecule has 0 bridgehead atoms. The van der Waals surface area contributed by atoms with Crippen LogP contribution in [0.2, 0.25) is 0 Å². The zero-order chi connectivity index (χ0) is 12.0. The summed E-state index contributed by atoms with van der Waals surface area (Å²) in [6, 6.07) is 0. The lowest BCUT2D eigenvalue weighted by atomic mass is 9.86. The lowest BCUT2D eigenvalue weighted by Crippen LogP contribution is -2.46. The summed E-state index contributed by atoms with van der Waals surface area (Å²) in [6.45, 7) is 12.0. The standard InChI is InChI=1S/C12H26N2OS/c1-4-12(3,10-13-5-2)11-14-6-8-16(15)9-7-14/h13H,4-11H2,1-3H3. The maximum atomic E-state index is 11.3. The third-order valence-corrected chi connectivity index (χ3v) is 4.81. The van der Waals surface area contributed by atoms with E-state index in [0.29, 0.717) is 5.41 Å². The summed E-state index contributed by atoms with van der Waals surface area (Å²) in [4.78, 5) is 2.47.